The zero-order valence-electron chi connectivity index (χ0n) is 19.6. The van der Waals surface area contributed by atoms with E-state index in [0.717, 1.165) is 56.6 Å². The maximum absolute atomic E-state index is 5.68. The van der Waals surface area contributed by atoms with Gasteiger partial charge in [-0.15, -0.1) is 24.0 Å². The molecule has 1 N–H and O–H groups in total. The lowest BCUT2D eigenvalue weighted by atomic mass is 9.74. The summed E-state index contributed by atoms with van der Waals surface area (Å²) < 4.78 is 16.6. The summed E-state index contributed by atoms with van der Waals surface area (Å²) in [6, 6.07) is 16.7. The van der Waals surface area contributed by atoms with Gasteiger partial charge in [0.05, 0.1) is 13.7 Å². The standard InChI is InChI=1S/C25H35N3O3.HI/c1-5-31-23-12-8-21(9-13-23)25(14-16-30-17-15-25)19-27-24(26-2)28(3)18-20-6-10-22(29-4)11-7-20;/h6-13H,5,14-19H2,1-4H3,(H,26,27);1H. The fourth-order valence-corrected chi connectivity index (χ4v) is 4.11. The zero-order chi connectivity index (χ0) is 22.1. The lowest BCUT2D eigenvalue weighted by molar-refractivity contribution is 0.0512. The first kappa shape index (κ1) is 26.3. The molecule has 32 heavy (non-hydrogen) atoms. The van der Waals surface area contributed by atoms with Gasteiger partial charge < -0.3 is 24.4 Å². The van der Waals surface area contributed by atoms with Crippen LogP contribution in [-0.2, 0) is 16.7 Å². The molecule has 0 amide bonds. The SMILES string of the molecule is CCOc1ccc(C2(CNC(=NC)N(C)Cc3ccc(OC)cc3)CCOCC2)cc1.I. The van der Waals surface area contributed by atoms with Crippen molar-refractivity contribution in [1.29, 1.82) is 0 Å². The van der Waals surface area contributed by atoms with Crippen molar-refractivity contribution < 1.29 is 14.2 Å². The second kappa shape index (κ2) is 12.9. The summed E-state index contributed by atoms with van der Waals surface area (Å²) in [7, 11) is 5.58. The molecule has 0 spiro atoms. The molecule has 0 aliphatic carbocycles. The second-order valence-electron chi connectivity index (χ2n) is 7.95. The molecule has 0 bridgehead atoms. The number of aliphatic imine (C=N–C) groups is 1. The van der Waals surface area contributed by atoms with Crippen LogP contribution < -0.4 is 14.8 Å². The van der Waals surface area contributed by atoms with E-state index in [-0.39, 0.29) is 29.4 Å². The number of halogens is 1. The molecule has 0 atom stereocenters. The van der Waals surface area contributed by atoms with E-state index < -0.39 is 0 Å². The summed E-state index contributed by atoms with van der Waals surface area (Å²) in [6.45, 7) is 5.81. The van der Waals surface area contributed by atoms with E-state index in [4.69, 9.17) is 14.2 Å². The number of guanidine groups is 1. The minimum absolute atomic E-state index is 0. The van der Waals surface area contributed by atoms with E-state index >= 15 is 0 Å². The Bertz CT molecular complexity index is 835. The Hall–Kier alpha value is -2.00. The molecule has 1 aliphatic heterocycles. The molecule has 2 aromatic rings. The van der Waals surface area contributed by atoms with Gasteiger partial charge in [0.25, 0.3) is 0 Å². The van der Waals surface area contributed by atoms with E-state index in [1.165, 1.54) is 11.1 Å². The van der Waals surface area contributed by atoms with E-state index in [9.17, 15) is 0 Å². The molecule has 1 heterocycles. The number of nitrogens with zero attached hydrogens (tertiary/aromatic N) is 2. The van der Waals surface area contributed by atoms with Gasteiger partial charge in [-0.2, -0.15) is 0 Å². The van der Waals surface area contributed by atoms with Crippen molar-refractivity contribution in [2.45, 2.75) is 31.7 Å². The number of rotatable bonds is 8. The van der Waals surface area contributed by atoms with Crippen LogP contribution in [0, 0.1) is 0 Å². The fourth-order valence-electron chi connectivity index (χ4n) is 4.11. The highest BCUT2D eigenvalue weighted by atomic mass is 127. The molecule has 176 valence electrons. The van der Waals surface area contributed by atoms with Gasteiger partial charge in [0.2, 0.25) is 0 Å². The second-order valence-corrected chi connectivity index (χ2v) is 7.95. The maximum Gasteiger partial charge on any atom is 0.193 e. The molecule has 0 radical (unpaired) electrons. The molecule has 0 saturated carbocycles. The number of benzene rings is 2. The highest BCUT2D eigenvalue weighted by Gasteiger charge is 2.35. The average molecular weight is 553 g/mol. The fraction of sp³-hybridized carbons (Fsp3) is 0.480. The van der Waals surface area contributed by atoms with Crippen LogP contribution in [0.25, 0.3) is 0 Å². The summed E-state index contributed by atoms with van der Waals surface area (Å²) in [5, 5.41) is 3.63. The van der Waals surface area contributed by atoms with E-state index in [0.29, 0.717) is 6.61 Å². The van der Waals surface area contributed by atoms with Crippen molar-refractivity contribution in [3.05, 3.63) is 59.7 Å². The number of nitrogens with one attached hydrogen (secondary N) is 1. The molecular weight excluding hydrogens is 517 g/mol. The Balaban J connectivity index is 0.00000363. The third kappa shape index (κ3) is 6.75. The van der Waals surface area contributed by atoms with Crippen LogP contribution in [0.1, 0.15) is 30.9 Å². The highest BCUT2D eigenvalue weighted by Crippen LogP contribution is 2.35. The Morgan fingerprint density at radius 3 is 2.25 bits per heavy atom. The number of hydrogen-bond donors (Lipinski definition) is 1. The van der Waals surface area contributed by atoms with Crippen LogP contribution in [0.4, 0.5) is 0 Å². The first-order chi connectivity index (χ1) is 15.1. The van der Waals surface area contributed by atoms with Crippen molar-refractivity contribution in [3.63, 3.8) is 0 Å². The number of ether oxygens (including phenoxy) is 3. The van der Waals surface area contributed by atoms with Gasteiger partial charge in [-0.3, -0.25) is 4.99 Å². The maximum atomic E-state index is 5.68. The quantitative estimate of drug-likeness (QED) is 0.297. The predicted molar refractivity (Wildman–Crippen MR) is 141 cm³/mol. The van der Waals surface area contributed by atoms with Gasteiger partial charge in [0, 0.05) is 45.8 Å². The third-order valence-corrected chi connectivity index (χ3v) is 5.96. The van der Waals surface area contributed by atoms with Crippen LogP contribution in [-0.4, -0.2) is 58.4 Å². The minimum atomic E-state index is 0. The molecule has 1 aliphatic rings. The Morgan fingerprint density at radius 1 is 1.06 bits per heavy atom. The van der Waals surface area contributed by atoms with Gasteiger partial charge in [-0.25, -0.2) is 0 Å². The van der Waals surface area contributed by atoms with Gasteiger partial charge in [0.1, 0.15) is 11.5 Å². The summed E-state index contributed by atoms with van der Waals surface area (Å²) in [6.07, 6.45) is 1.96. The summed E-state index contributed by atoms with van der Waals surface area (Å²) >= 11 is 0. The van der Waals surface area contributed by atoms with Crippen LogP contribution in [0.15, 0.2) is 53.5 Å². The molecular formula is C25H36IN3O3. The average Bonchev–Trinajstić information content (AvgIpc) is 2.81. The number of methoxy groups -OCH3 is 1. The lowest BCUT2D eigenvalue weighted by Gasteiger charge is -2.39. The molecule has 1 saturated heterocycles. The van der Waals surface area contributed by atoms with Crippen LogP contribution in [0.5, 0.6) is 11.5 Å². The van der Waals surface area contributed by atoms with E-state index in [1.807, 2.05) is 26.1 Å². The van der Waals surface area contributed by atoms with Crippen LogP contribution >= 0.6 is 24.0 Å². The van der Waals surface area contributed by atoms with E-state index in [2.05, 4.69) is 58.7 Å². The Labute approximate surface area is 209 Å². The highest BCUT2D eigenvalue weighted by molar-refractivity contribution is 14.0. The van der Waals surface area contributed by atoms with Crippen LogP contribution in [0.3, 0.4) is 0 Å². The summed E-state index contributed by atoms with van der Waals surface area (Å²) in [5.74, 6) is 2.66. The van der Waals surface area contributed by atoms with Gasteiger partial charge in [0.15, 0.2) is 5.96 Å². The third-order valence-electron chi connectivity index (χ3n) is 5.96. The summed E-state index contributed by atoms with van der Waals surface area (Å²) in [4.78, 5) is 6.67. The molecule has 3 rings (SSSR count). The van der Waals surface area contributed by atoms with Gasteiger partial charge in [-0.1, -0.05) is 24.3 Å². The van der Waals surface area contributed by atoms with Crippen molar-refractivity contribution in [3.8, 4) is 11.5 Å². The molecule has 6 nitrogen and oxygen atoms in total. The lowest BCUT2D eigenvalue weighted by Crippen LogP contribution is -2.48. The molecule has 1 fully saturated rings. The van der Waals surface area contributed by atoms with Crippen molar-refractivity contribution in [1.82, 2.24) is 10.2 Å². The molecule has 2 aromatic carbocycles. The zero-order valence-corrected chi connectivity index (χ0v) is 21.9. The van der Waals surface area contributed by atoms with Crippen LogP contribution in [0.2, 0.25) is 0 Å². The van der Waals surface area contributed by atoms with Gasteiger partial charge >= 0.3 is 0 Å². The van der Waals surface area contributed by atoms with Crippen molar-refractivity contribution >= 4 is 29.9 Å². The van der Waals surface area contributed by atoms with E-state index in [1.54, 1.807) is 7.11 Å². The first-order valence-electron chi connectivity index (χ1n) is 11.0. The first-order valence-corrected chi connectivity index (χ1v) is 11.0. The topological polar surface area (TPSA) is 55.3 Å². The molecule has 0 aromatic heterocycles. The predicted octanol–water partition coefficient (Wildman–Crippen LogP) is 4.47. The van der Waals surface area contributed by atoms with Gasteiger partial charge in [-0.05, 0) is 55.2 Å². The summed E-state index contributed by atoms with van der Waals surface area (Å²) in [5.41, 5.74) is 2.54. The molecule has 7 heteroatoms. The Morgan fingerprint density at radius 2 is 1.69 bits per heavy atom. The van der Waals surface area contributed by atoms with Crippen molar-refractivity contribution in [2.75, 3.05) is 47.6 Å². The largest absolute Gasteiger partial charge is 0.497 e. The smallest absolute Gasteiger partial charge is 0.193 e. The number of hydrogen-bond acceptors (Lipinski definition) is 4. The minimum Gasteiger partial charge on any atom is -0.497 e. The molecule has 0 unspecified atom stereocenters. The normalized spacial score (nSPS) is 15.4. The monoisotopic (exact) mass is 553 g/mol. The van der Waals surface area contributed by atoms with Crippen molar-refractivity contribution in [2.24, 2.45) is 4.99 Å². The Kier molecular flexibility index (Phi) is 10.6.